The van der Waals surface area contributed by atoms with Gasteiger partial charge in [-0.3, -0.25) is 0 Å². The van der Waals surface area contributed by atoms with Crippen LogP contribution in [-0.2, 0) is 0 Å². The Hall–Kier alpha value is -0.0800. The van der Waals surface area contributed by atoms with E-state index in [1.54, 1.807) is 0 Å². The second-order valence-electron chi connectivity index (χ2n) is 2.95. The van der Waals surface area contributed by atoms with Crippen LogP contribution in [0.4, 0.5) is 0 Å². The molecule has 10 heavy (non-hydrogen) atoms. The van der Waals surface area contributed by atoms with Crippen molar-refractivity contribution in [2.75, 3.05) is 32.7 Å². The number of hydrogen-bond donors (Lipinski definition) is 1. The average Bonchev–Trinajstić information content (AvgIpc) is 2.17. The Bertz CT molecular complexity index is 75.3. The van der Waals surface area contributed by atoms with Gasteiger partial charge in [-0.2, -0.15) is 0 Å². The lowest BCUT2D eigenvalue weighted by Crippen LogP contribution is -2.28. The zero-order valence-corrected chi connectivity index (χ0v) is 6.90. The van der Waals surface area contributed by atoms with Gasteiger partial charge in [0.05, 0.1) is 0 Å². The van der Waals surface area contributed by atoms with Gasteiger partial charge in [0.2, 0.25) is 0 Å². The molecule has 1 N–H and O–H groups in total. The van der Waals surface area contributed by atoms with E-state index in [0.29, 0.717) is 0 Å². The van der Waals surface area contributed by atoms with E-state index in [9.17, 15) is 0 Å². The summed E-state index contributed by atoms with van der Waals surface area (Å²) in [4.78, 5) is 2.54. The van der Waals surface area contributed by atoms with Gasteiger partial charge in [0.25, 0.3) is 0 Å². The van der Waals surface area contributed by atoms with E-state index < -0.39 is 0 Å². The molecule has 0 saturated carbocycles. The topological polar surface area (TPSA) is 15.3 Å². The summed E-state index contributed by atoms with van der Waals surface area (Å²) in [6.07, 6.45) is 2.61. The van der Waals surface area contributed by atoms with E-state index in [0.717, 1.165) is 0 Å². The second kappa shape index (κ2) is 4.69. The van der Waals surface area contributed by atoms with Crippen molar-refractivity contribution in [3.05, 3.63) is 0 Å². The minimum atomic E-state index is 1.18. The first-order chi connectivity index (χ1) is 4.93. The molecule has 0 aromatic carbocycles. The van der Waals surface area contributed by atoms with Crippen LogP contribution in [-0.4, -0.2) is 37.6 Å². The Kier molecular flexibility index (Phi) is 3.76. The van der Waals surface area contributed by atoms with Gasteiger partial charge in [-0.05, 0) is 32.5 Å². The summed E-state index contributed by atoms with van der Waals surface area (Å²) in [5.74, 6) is 0. The zero-order chi connectivity index (χ0) is 7.23. The summed E-state index contributed by atoms with van der Waals surface area (Å²) >= 11 is 0. The highest BCUT2D eigenvalue weighted by Gasteiger charge is 2.05. The molecule has 0 aliphatic carbocycles. The minimum Gasteiger partial charge on any atom is -0.315 e. The highest BCUT2D eigenvalue weighted by Crippen LogP contribution is 1.95. The molecule has 60 valence electrons. The molecule has 0 spiro atoms. The van der Waals surface area contributed by atoms with Gasteiger partial charge in [-0.15, -0.1) is 0 Å². The van der Waals surface area contributed by atoms with Crippen molar-refractivity contribution in [2.24, 2.45) is 0 Å². The SMILES string of the molecule is CCCN1CCCNCC1. The Morgan fingerprint density at radius 3 is 3.00 bits per heavy atom. The fraction of sp³-hybridized carbons (Fsp3) is 1.00. The summed E-state index contributed by atoms with van der Waals surface area (Å²) in [7, 11) is 0. The van der Waals surface area contributed by atoms with Crippen molar-refractivity contribution in [3.8, 4) is 0 Å². The summed E-state index contributed by atoms with van der Waals surface area (Å²) in [6.45, 7) is 8.45. The second-order valence-corrected chi connectivity index (χ2v) is 2.95. The van der Waals surface area contributed by atoms with E-state index in [2.05, 4.69) is 17.1 Å². The fourth-order valence-corrected chi connectivity index (χ4v) is 1.44. The Labute approximate surface area is 63.6 Å². The fourth-order valence-electron chi connectivity index (χ4n) is 1.44. The van der Waals surface area contributed by atoms with Gasteiger partial charge in [-0.25, -0.2) is 0 Å². The molecule has 0 aromatic rings. The van der Waals surface area contributed by atoms with Crippen molar-refractivity contribution in [1.29, 1.82) is 0 Å². The van der Waals surface area contributed by atoms with Crippen molar-refractivity contribution < 1.29 is 0 Å². The number of nitrogens with one attached hydrogen (secondary N) is 1. The molecular formula is C8H18N2. The van der Waals surface area contributed by atoms with Crippen LogP contribution in [0.3, 0.4) is 0 Å². The van der Waals surface area contributed by atoms with Crippen LogP contribution >= 0.6 is 0 Å². The summed E-state index contributed by atoms with van der Waals surface area (Å²) in [5, 5.41) is 3.39. The maximum absolute atomic E-state index is 3.39. The normalized spacial score (nSPS) is 22.5. The summed E-state index contributed by atoms with van der Waals surface area (Å²) < 4.78 is 0. The summed E-state index contributed by atoms with van der Waals surface area (Å²) in [5.41, 5.74) is 0. The molecule has 1 fully saturated rings. The molecule has 0 atom stereocenters. The lowest BCUT2D eigenvalue weighted by atomic mass is 10.3. The molecular weight excluding hydrogens is 124 g/mol. The number of nitrogens with zero attached hydrogens (tertiary/aromatic N) is 1. The largest absolute Gasteiger partial charge is 0.315 e. The molecule has 1 aliphatic heterocycles. The van der Waals surface area contributed by atoms with Gasteiger partial charge in [0.1, 0.15) is 0 Å². The average molecular weight is 142 g/mol. The van der Waals surface area contributed by atoms with Gasteiger partial charge in [-0.1, -0.05) is 6.92 Å². The van der Waals surface area contributed by atoms with Crippen LogP contribution in [0.25, 0.3) is 0 Å². The van der Waals surface area contributed by atoms with Gasteiger partial charge >= 0.3 is 0 Å². The van der Waals surface area contributed by atoms with Crippen LogP contribution in [0.5, 0.6) is 0 Å². The quantitative estimate of drug-likeness (QED) is 0.610. The molecule has 1 heterocycles. The molecule has 1 aliphatic rings. The van der Waals surface area contributed by atoms with Crippen LogP contribution in [0.1, 0.15) is 19.8 Å². The first-order valence-electron chi connectivity index (χ1n) is 4.36. The lowest BCUT2D eigenvalue weighted by molar-refractivity contribution is 0.293. The Balaban J connectivity index is 2.15. The number of hydrogen-bond acceptors (Lipinski definition) is 2. The number of rotatable bonds is 2. The van der Waals surface area contributed by atoms with E-state index in [4.69, 9.17) is 0 Å². The van der Waals surface area contributed by atoms with Gasteiger partial charge < -0.3 is 10.2 Å². The molecule has 1 saturated heterocycles. The standard InChI is InChI=1S/C8H18N2/c1-2-6-10-7-3-4-9-5-8-10/h9H,2-8H2,1H3. The molecule has 0 unspecified atom stereocenters. The Morgan fingerprint density at radius 2 is 2.20 bits per heavy atom. The van der Waals surface area contributed by atoms with Crippen molar-refractivity contribution in [1.82, 2.24) is 10.2 Å². The predicted octanol–water partition coefficient (Wildman–Crippen LogP) is 0.692. The Morgan fingerprint density at radius 1 is 1.30 bits per heavy atom. The van der Waals surface area contributed by atoms with Crippen LogP contribution in [0, 0.1) is 0 Å². The third-order valence-electron chi connectivity index (χ3n) is 1.97. The van der Waals surface area contributed by atoms with Crippen LogP contribution in [0.15, 0.2) is 0 Å². The zero-order valence-electron chi connectivity index (χ0n) is 6.90. The van der Waals surface area contributed by atoms with E-state index >= 15 is 0 Å². The predicted molar refractivity (Wildman–Crippen MR) is 44.2 cm³/mol. The maximum atomic E-state index is 3.39. The molecule has 0 aromatic heterocycles. The molecule has 0 radical (unpaired) electrons. The lowest BCUT2D eigenvalue weighted by Gasteiger charge is -2.17. The first-order valence-corrected chi connectivity index (χ1v) is 4.36. The van der Waals surface area contributed by atoms with Crippen molar-refractivity contribution >= 4 is 0 Å². The maximum Gasteiger partial charge on any atom is 0.0107 e. The van der Waals surface area contributed by atoms with Crippen molar-refractivity contribution in [3.63, 3.8) is 0 Å². The highest BCUT2D eigenvalue weighted by molar-refractivity contribution is 4.64. The van der Waals surface area contributed by atoms with E-state index in [1.807, 2.05) is 0 Å². The molecule has 0 amide bonds. The monoisotopic (exact) mass is 142 g/mol. The van der Waals surface area contributed by atoms with Crippen molar-refractivity contribution in [2.45, 2.75) is 19.8 Å². The third-order valence-corrected chi connectivity index (χ3v) is 1.97. The van der Waals surface area contributed by atoms with Gasteiger partial charge in [0.15, 0.2) is 0 Å². The van der Waals surface area contributed by atoms with E-state index in [1.165, 1.54) is 45.6 Å². The van der Waals surface area contributed by atoms with E-state index in [-0.39, 0.29) is 0 Å². The first kappa shape index (κ1) is 8.02. The van der Waals surface area contributed by atoms with Gasteiger partial charge in [0, 0.05) is 13.1 Å². The highest BCUT2D eigenvalue weighted by atomic mass is 15.1. The van der Waals surface area contributed by atoms with Crippen LogP contribution < -0.4 is 5.32 Å². The minimum absolute atomic E-state index is 1.18. The molecule has 2 heteroatoms. The molecule has 1 rings (SSSR count). The molecule has 0 bridgehead atoms. The van der Waals surface area contributed by atoms with Crippen LogP contribution in [0.2, 0.25) is 0 Å². The smallest absolute Gasteiger partial charge is 0.0107 e. The summed E-state index contributed by atoms with van der Waals surface area (Å²) in [6, 6.07) is 0. The third kappa shape index (κ3) is 2.67. The molecule has 2 nitrogen and oxygen atoms in total.